The summed E-state index contributed by atoms with van der Waals surface area (Å²) in [4.78, 5) is 25.4. The van der Waals surface area contributed by atoms with Crippen LogP contribution in [0, 0.1) is 5.92 Å². The topological polar surface area (TPSA) is 60.7 Å². The number of hydrogen-bond acceptors (Lipinski definition) is 0. The smallest absolute Gasteiger partial charge is 0.274 e. The minimum absolute atomic E-state index is 0. The molecule has 0 aromatic rings. The molecule has 3 N–H and O–H groups in total. The van der Waals surface area contributed by atoms with E-state index in [1.807, 2.05) is 13.8 Å². The summed E-state index contributed by atoms with van der Waals surface area (Å²) in [6.45, 7) is 0.425. The molecule has 0 saturated heterocycles. The molecule has 10 heavy (non-hydrogen) atoms. The van der Waals surface area contributed by atoms with E-state index in [9.17, 15) is 0 Å². The molecule has 0 aliphatic carbocycles. The monoisotopic (exact) mass is 236 g/mol. The van der Waals surface area contributed by atoms with Crippen LogP contribution in [0.1, 0.15) is 13.8 Å². The van der Waals surface area contributed by atoms with Crippen molar-refractivity contribution in [2.75, 3.05) is 5.75 Å². The maximum atomic E-state index is 8.48. The number of rotatable bonds is 2. The molecule has 0 aliphatic heterocycles. The molecule has 0 bridgehead atoms. The second-order valence-electron chi connectivity index (χ2n) is 2.25. The van der Waals surface area contributed by atoms with Crippen LogP contribution in [0.3, 0.4) is 0 Å². The Labute approximate surface area is 77.4 Å². The van der Waals surface area contributed by atoms with E-state index < -0.39 is 6.72 Å². The summed E-state index contributed by atoms with van der Waals surface area (Å²) in [6.07, 6.45) is 0. The molecule has 0 radical (unpaired) electrons. The standard InChI is InChI=1S/C4H13O3PS.Zn/c1-4(2)3-9-8(5,6)7;/h4-7,9H,3H2,1-2H3;. The summed E-state index contributed by atoms with van der Waals surface area (Å²) >= 11 is 0. The van der Waals surface area contributed by atoms with Crippen LogP contribution in [0.4, 0.5) is 0 Å². The normalized spacial score (nSPS) is 11.4. The third kappa shape index (κ3) is 12.0. The fraction of sp³-hybridized carbons (Fsp3) is 1.00. The van der Waals surface area contributed by atoms with Gasteiger partial charge in [-0.2, -0.15) is 0 Å². The first-order valence-electron chi connectivity index (χ1n) is 2.68. The average molecular weight is 238 g/mol. The molecule has 0 unspecified atom stereocenters. The van der Waals surface area contributed by atoms with Crippen molar-refractivity contribution in [2.45, 2.75) is 13.8 Å². The second kappa shape index (κ2) is 5.87. The van der Waals surface area contributed by atoms with Gasteiger partial charge in [0.15, 0.2) is 0 Å². The zero-order valence-electron chi connectivity index (χ0n) is 6.23. The number of thiol groups is 1. The van der Waals surface area contributed by atoms with Crippen molar-refractivity contribution in [1.82, 2.24) is 0 Å². The van der Waals surface area contributed by atoms with E-state index in [1.165, 1.54) is 0 Å². The van der Waals surface area contributed by atoms with Crippen LogP contribution < -0.4 is 0 Å². The van der Waals surface area contributed by atoms with Gasteiger partial charge in [-0.3, -0.25) is 0 Å². The van der Waals surface area contributed by atoms with Gasteiger partial charge in [0, 0.05) is 19.5 Å². The molecular formula is C4H13O3PSZn. The SMILES string of the molecule is CC(C)C[SH]=P(O)(O)O.[Zn]. The van der Waals surface area contributed by atoms with E-state index in [-0.39, 0.29) is 19.5 Å². The van der Waals surface area contributed by atoms with Crippen LogP contribution in [0.5, 0.6) is 0 Å². The van der Waals surface area contributed by atoms with Gasteiger partial charge in [-0.1, -0.05) is 13.8 Å². The van der Waals surface area contributed by atoms with Gasteiger partial charge >= 0.3 is 0 Å². The molecule has 0 amide bonds. The van der Waals surface area contributed by atoms with Crippen molar-refractivity contribution in [3.63, 3.8) is 0 Å². The summed E-state index contributed by atoms with van der Waals surface area (Å²) in [5, 5.41) is 0. The van der Waals surface area contributed by atoms with Gasteiger partial charge in [-0.25, -0.2) is 0 Å². The third-order valence-corrected chi connectivity index (χ3v) is 3.54. The van der Waals surface area contributed by atoms with Gasteiger partial charge in [-0.15, -0.1) is 10.9 Å². The quantitative estimate of drug-likeness (QED) is 0.313. The molecule has 0 saturated carbocycles. The molecule has 60 valence electrons. The Hall–Kier alpha value is 1.28. The maximum Gasteiger partial charge on any atom is 0.274 e. The van der Waals surface area contributed by atoms with Crippen molar-refractivity contribution in [2.24, 2.45) is 5.92 Å². The number of hydrogen-bond donors (Lipinski definition) is 4. The molecule has 6 heteroatoms. The van der Waals surface area contributed by atoms with Crippen LogP contribution in [-0.2, 0) is 30.4 Å². The van der Waals surface area contributed by atoms with E-state index in [1.54, 1.807) is 0 Å². The molecule has 3 nitrogen and oxygen atoms in total. The van der Waals surface area contributed by atoms with Gasteiger partial charge < -0.3 is 14.7 Å². The Balaban J connectivity index is 0. The minimum Gasteiger partial charge on any atom is -0.329 e. The van der Waals surface area contributed by atoms with Crippen molar-refractivity contribution < 1.29 is 34.2 Å². The van der Waals surface area contributed by atoms with E-state index in [4.69, 9.17) is 14.7 Å². The van der Waals surface area contributed by atoms with Gasteiger partial charge in [-0.05, 0) is 11.7 Å². The summed E-state index contributed by atoms with van der Waals surface area (Å²) in [5.41, 5.74) is 0. The predicted molar refractivity (Wildman–Crippen MR) is 42.0 cm³/mol. The Bertz CT molecular complexity index is 124. The van der Waals surface area contributed by atoms with Crippen LogP contribution in [0.15, 0.2) is 0 Å². The largest absolute Gasteiger partial charge is 0.329 e. The zero-order chi connectivity index (χ0) is 7.49. The fourth-order valence-corrected chi connectivity index (χ4v) is 2.46. The first-order valence-corrected chi connectivity index (χ1v) is 6.11. The molecule has 0 spiro atoms. The molecule has 0 aromatic heterocycles. The third-order valence-electron chi connectivity index (χ3n) is 0.637. The second-order valence-corrected chi connectivity index (χ2v) is 6.43. The summed E-state index contributed by atoms with van der Waals surface area (Å²) in [5.74, 6) is 1.04. The Morgan fingerprint density at radius 3 is 1.80 bits per heavy atom. The molecular weight excluding hydrogens is 224 g/mol. The Morgan fingerprint density at radius 2 is 1.70 bits per heavy atom. The van der Waals surface area contributed by atoms with Crippen molar-refractivity contribution >= 4 is 17.7 Å². The first-order chi connectivity index (χ1) is 3.92. The van der Waals surface area contributed by atoms with Crippen molar-refractivity contribution in [1.29, 1.82) is 0 Å². The molecule has 0 atom stereocenters. The Morgan fingerprint density at radius 1 is 1.30 bits per heavy atom. The average Bonchev–Trinajstić information content (AvgIpc) is 1.59. The minimum atomic E-state index is -3.50. The summed E-state index contributed by atoms with van der Waals surface area (Å²) < 4.78 is 0. The van der Waals surface area contributed by atoms with E-state index in [2.05, 4.69) is 0 Å². The predicted octanol–water partition coefficient (Wildman–Crippen LogP) is 0.109. The molecule has 0 fully saturated rings. The molecule has 0 rings (SSSR count). The zero-order valence-corrected chi connectivity index (χ0v) is 11.0. The van der Waals surface area contributed by atoms with Gasteiger partial charge in [0.25, 0.3) is 6.72 Å². The fourth-order valence-electron chi connectivity index (χ4n) is 0.273. The van der Waals surface area contributed by atoms with Gasteiger partial charge in [0.05, 0.1) is 0 Å². The van der Waals surface area contributed by atoms with E-state index >= 15 is 0 Å². The van der Waals surface area contributed by atoms with Crippen molar-refractivity contribution in [3.05, 3.63) is 0 Å². The van der Waals surface area contributed by atoms with E-state index in [0.717, 1.165) is 0 Å². The van der Waals surface area contributed by atoms with E-state index in [0.29, 0.717) is 22.6 Å². The molecule has 0 aliphatic rings. The van der Waals surface area contributed by atoms with Crippen molar-refractivity contribution in [3.8, 4) is 0 Å². The first kappa shape index (κ1) is 13.8. The van der Waals surface area contributed by atoms with Crippen LogP contribution >= 0.6 is 6.72 Å². The molecule has 0 aromatic carbocycles. The van der Waals surface area contributed by atoms with Crippen LogP contribution in [-0.4, -0.2) is 20.4 Å². The van der Waals surface area contributed by atoms with Gasteiger partial charge in [0.1, 0.15) is 0 Å². The van der Waals surface area contributed by atoms with Crippen LogP contribution in [0.2, 0.25) is 0 Å². The Kier molecular flexibility index (Phi) is 8.13. The molecule has 0 heterocycles. The summed E-state index contributed by atoms with van der Waals surface area (Å²) in [7, 11) is 0.360. The van der Waals surface area contributed by atoms with Gasteiger partial charge in [0.2, 0.25) is 0 Å². The maximum absolute atomic E-state index is 8.48. The van der Waals surface area contributed by atoms with Crippen LogP contribution in [0.25, 0.3) is 0 Å². The summed E-state index contributed by atoms with van der Waals surface area (Å²) in [6, 6.07) is 0.